The summed E-state index contributed by atoms with van der Waals surface area (Å²) in [7, 11) is 1.52. The maximum absolute atomic E-state index is 14.8. The molecule has 3 heterocycles. The standard InChI is InChI=1S/C50H69N9O7/c1-30-25-42(62)46(58(7)48(64)35(14-18-52)29-41(61)45-31(2)55-49(56-32(45)3)59-21-15-36(16-22-59)50(4,5)6)34-11-13-44(66-24-20-54)38(28-34)37-26-33(10-12-43(37)65-23-19-53)27-39(57-47(30)63)40(60)9-8-17-51/h10-13,26,28,30,35-36,39,46H,8-9,14-16,18-25,27,29,52-54H2,1-7H3,(H,57,63)/t30-,35-,39+,46+/m1/s1. The van der Waals surface area contributed by atoms with Gasteiger partial charge in [0.15, 0.2) is 17.3 Å². The number of rotatable bonds is 17. The van der Waals surface area contributed by atoms with Crippen LogP contribution in [0.25, 0.3) is 11.1 Å². The topological polar surface area (TPSA) is 250 Å². The minimum Gasteiger partial charge on any atom is -0.492 e. The second-order valence-electron chi connectivity index (χ2n) is 18.8. The van der Waals surface area contributed by atoms with Crippen LogP contribution in [0.3, 0.4) is 0 Å². The number of aryl methyl sites for hydroxylation is 2. The second kappa shape index (κ2) is 23.1. The summed E-state index contributed by atoms with van der Waals surface area (Å²) in [5.74, 6) is -1.88. The third-order valence-corrected chi connectivity index (χ3v) is 12.9. The van der Waals surface area contributed by atoms with E-state index in [-0.39, 0.29) is 88.4 Å². The molecule has 66 heavy (non-hydrogen) atoms. The molecule has 1 aromatic heterocycles. The van der Waals surface area contributed by atoms with Gasteiger partial charge in [-0.1, -0.05) is 39.8 Å². The number of aromatic nitrogens is 2. The molecule has 4 bridgehead atoms. The molecule has 5 rings (SSSR count). The van der Waals surface area contributed by atoms with Crippen LogP contribution < -0.4 is 36.9 Å². The molecule has 0 spiro atoms. The van der Waals surface area contributed by atoms with Crippen molar-refractivity contribution in [2.75, 3.05) is 57.9 Å². The molecule has 2 aromatic carbocycles. The predicted molar refractivity (Wildman–Crippen MR) is 253 cm³/mol. The number of Topliss-reactive ketones (excluding diaryl/α,β-unsaturated/α-hetero) is 3. The number of amides is 2. The summed E-state index contributed by atoms with van der Waals surface area (Å²) in [4.78, 5) is 84.3. The van der Waals surface area contributed by atoms with Crippen molar-refractivity contribution in [3.05, 3.63) is 64.5 Å². The highest BCUT2D eigenvalue weighted by molar-refractivity contribution is 6.01. The number of carbonyl (C=O) groups is 5. The molecule has 2 aliphatic rings. The van der Waals surface area contributed by atoms with E-state index in [1.165, 1.54) is 11.9 Å². The molecule has 16 heteroatoms. The number of ether oxygens (including phenoxy) is 2. The van der Waals surface area contributed by atoms with Gasteiger partial charge in [-0.15, -0.1) is 0 Å². The van der Waals surface area contributed by atoms with Crippen molar-refractivity contribution in [2.45, 2.75) is 105 Å². The van der Waals surface area contributed by atoms with E-state index < -0.39 is 41.5 Å². The van der Waals surface area contributed by atoms with Crippen molar-refractivity contribution in [3.8, 4) is 28.7 Å². The van der Waals surface area contributed by atoms with Crippen molar-refractivity contribution in [2.24, 2.45) is 40.4 Å². The number of hydrogen-bond acceptors (Lipinski definition) is 14. The van der Waals surface area contributed by atoms with Crippen molar-refractivity contribution < 1.29 is 33.4 Å². The lowest BCUT2D eigenvalue weighted by atomic mass is 9.75. The minimum atomic E-state index is -1.23. The van der Waals surface area contributed by atoms with Crippen LogP contribution in [-0.2, 0) is 25.6 Å². The van der Waals surface area contributed by atoms with Gasteiger partial charge in [-0.3, -0.25) is 24.0 Å². The Kier molecular flexibility index (Phi) is 17.9. The molecular formula is C50H69N9O7. The van der Waals surface area contributed by atoms with Gasteiger partial charge in [-0.25, -0.2) is 9.97 Å². The van der Waals surface area contributed by atoms with Gasteiger partial charge in [0.1, 0.15) is 30.8 Å². The van der Waals surface area contributed by atoms with Crippen LogP contribution in [0.5, 0.6) is 11.5 Å². The molecule has 16 nitrogen and oxygen atoms in total. The smallest absolute Gasteiger partial charge is 0.226 e. The number of anilines is 1. The lowest BCUT2D eigenvalue weighted by Crippen LogP contribution is -2.46. The summed E-state index contributed by atoms with van der Waals surface area (Å²) in [6, 6.07) is 10.3. The summed E-state index contributed by atoms with van der Waals surface area (Å²) in [5.41, 5.74) is 21.6. The number of nitrogens with zero attached hydrogens (tertiary/aromatic N) is 5. The Balaban J connectivity index is 1.54. The van der Waals surface area contributed by atoms with Gasteiger partial charge < -0.3 is 41.8 Å². The summed E-state index contributed by atoms with van der Waals surface area (Å²) < 4.78 is 12.3. The van der Waals surface area contributed by atoms with Crippen LogP contribution in [0.4, 0.5) is 5.95 Å². The number of nitriles is 1. The Morgan fingerprint density at radius 3 is 2.11 bits per heavy atom. The van der Waals surface area contributed by atoms with E-state index in [4.69, 9.17) is 36.6 Å². The van der Waals surface area contributed by atoms with Crippen molar-refractivity contribution in [1.82, 2.24) is 20.2 Å². The maximum Gasteiger partial charge on any atom is 0.226 e. The molecule has 1 saturated heterocycles. The van der Waals surface area contributed by atoms with Crippen molar-refractivity contribution >= 4 is 35.1 Å². The number of ketones is 3. The first-order valence-electron chi connectivity index (χ1n) is 23.2. The van der Waals surface area contributed by atoms with E-state index in [0.29, 0.717) is 62.6 Å². The largest absolute Gasteiger partial charge is 0.492 e. The number of piperidine rings is 1. The average Bonchev–Trinajstić information content (AvgIpc) is 3.28. The number of nitrogens with one attached hydrogen (secondary N) is 1. The Bertz CT molecular complexity index is 2260. The normalized spacial score (nSPS) is 18.7. The van der Waals surface area contributed by atoms with Gasteiger partial charge in [-0.05, 0) is 92.8 Å². The first-order chi connectivity index (χ1) is 31.4. The highest BCUT2D eigenvalue weighted by atomic mass is 16.5. The fourth-order valence-electron chi connectivity index (χ4n) is 9.16. The molecule has 3 aromatic rings. The monoisotopic (exact) mass is 908 g/mol. The first kappa shape index (κ1) is 51.2. The van der Waals surface area contributed by atoms with E-state index >= 15 is 0 Å². The van der Waals surface area contributed by atoms with Crippen LogP contribution in [0, 0.1) is 48.3 Å². The minimum absolute atomic E-state index is 0.0276. The lowest BCUT2D eigenvalue weighted by molar-refractivity contribution is -0.142. The molecule has 2 amide bonds. The van der Waals surface area contributed by atoms with E-state index in [2.05, 4.69) is 31.0 Å². The van der Waals surface area contributed by atoms with Crippen LogP contribution in [-0.4, -0.2) is 103 Å². The van der Waals surface area contributed by atoms with Gasteiger partial charge in [0.25, 0.3) is 0 Å². The van der Waals surface area contributed by atoms with Gasteiger partial charge in [0.2, 0.25) is 17.8 Å². The molecule has 2 aliphatic heterocycles. The molecule has 0 saturated carbocycles. The zero-order valence-electron chi connectivity index (χ0n) is 39.8. The molecule has 356 valence electrons. The Labute approximate surface area is 389 Å². The van der Waals surface area contributed by atoms with E-state index in [1.54, 1.807) is 51.1 Å². The van der Waals surface area contributed by atoms with Gasteiger partial charge in [0.05, 0.1) is 29.1 Å². The first-order valence-corrected chi connectivity index (χ1v) is 23.2. The van der Waals surface area contributed by atoms with Crippen molar-refractivity contribution in [3.63, 3.8) is 0 Å². The quantitative estimate of drug-likeness (QED) is 0.131. The molecule has 1 fully saturated rings. The van der Waals surface area contributed by atoms with Crippen LogP contribution in [0.2, 0.25) is 0 Å². The van der Waals surface area contributed by atoms with Gasteiger partial charge in [-0.2, -0.15) is 5.26 Å². The summed E-state index contributed by atoms with van der Waals surface area (Å²) in [6.45, 7) is 14.5. The second-order valence-corrected chi connectivity index (χ2v) is 18.8. The Morgan fingerprint density at radius 1 is 0.924 bits per heavy atom. The summed E-state index contributed by atoms with van der Waals surface area (Å²) in [6.07, 6.45) is 1.71. The Morgan fingerprint density at radius 2 is 1.53 bits per heavy atom. The summed E-state index contributed by atoms with van der Waals surface area (Å²) in [5, 5.41) is 12.1. The zero-order valence-corrected chi connectivity index (χ0v) is 39.8. The number of benzene rings is 2. The van der Waals surface area contributed by atoms with Crippen LogP contribution in [0.15, 0.2) is 36.4 Å². The lowest BCUT2D eigenvalue weighted by Gasteiger charge is -2.39. The summed E-state index contributed by atoms with van der Waals surface area (Å²) >= 11 is 0. The number of hydrogen-bond donors (Lipinski definition) is 4. The number of likely N-dealkylation sites (N-methyl/N-ethyl adjacent to an activating group) is 1. The molecule has 0 unspecified atom stereocenters. The third kappa shape index (κ3) is 12.6. The molecule has 0 radical (unpaired) electrons. The van der Waals surface area contributed by atoms with Gasteiger partial charge >= 0.3 is 0 Å². The van der Waals surface area contributed by atoms with Gasteiger partial charge in [0, 0.05) is 81.9 Å². The van der Waals surface area contributed by atoms with E-state index in [1.807, 2.05) is 12.1 Å². The number of fused-ring (bicyclic) bond motifs is 5. The highest BCUT2D eigenvalue weighted by Gasteiger charge is 2.37. The Hall–Kier alpha value is -5.76. The fraction of sp³-hybridized carbons (Fsp3) is 0.560. The number of nitrogens with two attached hydrogens (primary N) is 3. The van der Waals surface area contributed by atoms with E-state index in [9.17, 15) is 29.2 Å². The van der Waals surface area contributed by atoms with Crippen LogP contribution >= 0.6 is 0 Å². The van der Waals surface area contributed by atoms with Crippen molar-refractivity contribution in [1.29, 1.82) is 5.26 Å². The molecule has 7 N–H and O–H groups in total. The molecule has 4 atom stereocenters. The third-order valence-electron chi connectivity index (χ3n) is 12.9. The highest BCUT2D eigenvalue weighted by Crippen LogP contribution is 2.41. The fourth-order valence-corrected chi connectivity index (χ4v) is 9.16. The number of carbonyl (C=O) groups excluding carboxylic acids is 5. The predicted octanol–water partition coefficient (Wildman–Crippen LogP) is 4.94. The van der Waals surface area contributed by atoms with Crippen LogP contribution in [0.1, 0.15) is 112 Å². The maximum atomic E-state index is 14.8. The van der Waals surface area contributed by atoms with E-state index in [0.717, 1.165) is 25.9 Å². The SMILES string of the molecule is Cc1nc(N2CCC(C(C)(C)C)CC2)nc(C)c1C(=O)C[C@@H](CCN)C(=O)N(C)[C@@H]1C(=O)C[C@@H](C)C(=O)N[C@H](C(=O)CCC#N)Cc2ccc(OCCN)c(c2)-c2cc1ccc2OCCN. The average molecular weight is 908 g/mol. The zero-order chi connectivity index (χ0) is 48.3. The molecule has 0 aliphatic carbocycles. The molecular weight excluding hydrogens is 839 g/mol.